The van der Waals surface area contributed by atoms with Gasteiger partial charge >= 0.3 is 0 Å². The van der Waals surface area contributed by atoms with Crippen molar-refractivity contribution in [3.8, 4) is 22.6 Å². The second-order valence-corrected chi connectivity index (χ2v) is 5.46. The SMILES string of the molecule is CCn1c(=O)c(-c2cc(OC)cc(OC)c2)cc2cnc(Cl)nc21. The second-order valence-electron chi connectivity index (χ2n) is 5.13. The smallest absolute Gasteiger partial charge is 0.260 e. The van der Waals surface area contributed by atoms with Crippen molar-refractivity contribution >= 4 is 22.6 Å². The van der Waals surface area contributed by atoms with Crippen molar-refractivity contribution in [3.05, 3.63) is 46.1 Å². The average molecular weight is 346 g/mol. The standard InChI is InChI=1S/C17H16ClN3O3/c1-4-21-15-11(9-19-17(18)20-15)7-14(16(21)22)10-5-12(23-2)8-13(6-10)24-3/h5-9H,4H2,1-3H3. The molecule has 6 nitrogen and oxygen atoms in total. The number of methoxy groups -OCH3 is 2. The van der Waals surface area contributed by atoms with Gasteiger partial charge in [0.05, 0.1) is 14.2 Å². The van der Waals surface area contributed by atoms with E-state index in [4.69, 9.17) is 21.1 Å². The highest BCUT2D eigenvalue weighted by Crippen LogP contribution is 2.29. The number of nitrogens with zero attached hydrogens (tertiary/aromatic N) is 3. The van der Waals surface area contributed by atoms with E-state index in [9.17, 15) is 4.79 Å². The van der Waals surface area contributed by atoms with Gasteiger partial charge in [0.2, 0.25) is 5.28 Å². The summed E-state index contributed by atoms with van der Waals surface area (Å²) in [5, 5.41) is 0.845. The van der Waals surface area contributed by atoms with Crippen LogP contribution in [0.25, 0.3) is 22.2 Å². The summed E-state index contributed by atoms with van der Waals surface area (Å²) in [6, 6.07) is 7.10. The third-order valence-electron chi connectivity index (χ3n) is 3.78. The molecule has 2 aromatic heterocycles. The number of rotatable bonds is 4. The van der Waals surface area contributed by atoms with Crippen molar-refractivity contribution in [3.63, 3.8) is 0 Å². The van der Waals surface area contributed by atoms with Crippen LogP contribution < -0.4 is 15.0 Å². The van der Waals surface area contributed by atoms with Crippen molar-refractivity contribution in [2.45, 2.75) is 13.5 Å². The lowest BCUT2D eigenvalue weighted by Gasteiger charge is -2.12. The highest BCUT2D eigenvalue weighted by atomic mass is 35.5. The van der Waals surface area contributed by atoms with Crippen LogP contribution in [-0.2, 0) is 6.54 Å². The van der Waals surface area contributed by atoms with Crippen LogP contribution in [0.15, 0.2) is 35.3 Å². The number of benzene rings is 1. The largest absolute Gasteiger partial charge is 0.497 e. The first-order valence-electron chi connectivity index (χ1n) is 7.37. The highest BCUT2D eigenvalue weighted by Gasteiger charge is 2.14. The summed E-state index contributed by atoms with van der Waals surface area (Å²) in [6.45, 7) is 2.35. The molecule has 0 atom stereocenters. The first-order chi connectivity index (χ1) is 11.6. The van der Waals surface area contributed by atoms with Gasteiger partial charge in [-0.15, -0.1) is 0 Å². The van der Waals surface area contributed by atoms with E-state index < -0.39 is 0 Å². The zero-order chi connectivity index (χ0) is 17.3. The van der Waals surface area contributed by atoms with Gasteiger partial charge in [-0.05, 0) is 42.3 Å². The maximum atomic E-state index is 12.9. The van der Waals surface area contributed by atoms with E-state index in [1.807, 2.05) is 6.92 Å². The molecule has 0 radical (unpaired) electrons. The van der Waals surface area contributed by atoms with Gasteiger partial charge in [0.15, 0.2) is 0 Å². The molecule has 2 heterocycles. The number of aromatic nitrogens is 3. The quantitative estimate of drug-likeness (QED) is 0.679. The molecule has 3 aromatic rings. The minimum atomic E-state index is -0.157. The lowest BCUT2D eigenvalue weighted by molar-refractivity contribution is 0.394. The molecule has 0 saturated heterocycles. The number of hydrogen-bond donors (Lipinski definition) is 0. The summed E-state index contributed by atoms with van der Waals surface area (Å²) in [5.41, 5.74) is 1.58. The molecule has 0 aliphatic carbocycles. The predicted molar refractivity (Wildman–Crippen MR) is 93.0 cm³/mol. The lowest BCUT2D eigenvalue weighted by Crippen LogP contribution is -2.22. The van der Waals surface area contributed by atoms with Crippen LogP contribution in [0.4, 0.5) is 0 Å². The Morgan fingerprint density at radius 2 is 1.79 bits per heavy atom. The molecule has 7 heteroatoms. The Balaban J connectivity index is 2.33. The molecule has 0 saturated carbocycles. The Hall–Kier alpha value is -2.60. The molecule has 1 aromatic carbocycles. The molecule has 0 aliphatic rings. The van der Waals surface area contributed by atoms with Gasteiger partial charge in [0.25, 0.3) is 5.56 Å². The molecule has 0 N–H and O–H groups in total. The minimum absolute atomic E-state index is 0.111. The predicted octanol–water partition coefficient (Wildman–Crippen LogP) is 3.15. The fraction of sp³-hybridized carbons (Fsp3) is 0.235. The van der Waals surface area contributed by atoms with Gasteiger partial charge in [0, 0.05) is 29.8 Å². The third-order valence-corrected chi connectivity index (χ3v) is 3.96. The lowest BCUT2D eigenvalue weighted by atomic mass is 10.1. The number of ether oxygens (including phenoxy) is 2. The molecule has 0 spiro atoms. The Morgan fingerprint density at radius 1 is 1.12 bits per heavy atom. The molecule has 3 rings (SSSR count). The van der Waals surface area contributed by atoms with E-state index in [0.717, 1.165) is 5.39 Å². The fourth-order valence-corrected chi connectivity index (χ4v) is 2.73. The van der Waals surface area contributed by atoms with Crippen molar-refractivity contribution in [2.75, 3.05) is 14.2 Å². The number of fused-ring (bicyclic) bond motifs is 1. The maximum absolute atomic E-state index is 12.9. The molecular formula is C17H16ClN3O3. The minimum Gasteiger partial charge on any atom is -0.497 e. The van der Waals surface area contributed by atoms with Crippen molar-refractivity contribution in [1.82, 2.24) is 14.5 Å². The number of aryl methyl sites for hydroxylation is 1. The van der Waals surface area contributed by atoms with Crippen molar-refractivity contribution in [1.29, 1.82) is 0 Å². The number of pyridine rings is 1. The first-order valence-corrected chi connectivity index (χ1v) is 7.74. The van der Waals surface area contributed by atoms with Gasteiger partial charge in [-0.25, -0.2) is 4.98 Å². The normalized spacial score (nSPS) is 10.8. The molecule has 0 amide bonds. The van der Waals surface area contributed by atoms with E-state index in [1.54, 1.807) is 49.2 Å². The van der Waals surface area contributed by atoms with Crippen LogP contribution in [0.3, 0.4) is 0 Å². The fourth-order valence-electron chi connectivity index (χ4n) is 2.60. The zero-order valence-electron chi connectivity index (χ0n) is 13.5. The molecule has 124 valence electrons. The zero-order valence-corrected chi connectivity index (χ0v) is 14.3. The van der Waals surface area contributed by atoms with E-state index in [0.29, 0.717) is 34.8 Å². The van der Waals surface area contributed by atoms with E-state index in [-0.39, 0.29) is 10.8 Å². The van der Waals surface area contributed by atoms with Gasteiger partial charge in [-0.2, -0.15) is 4.98 Å². The Labute approximate surface area is 143 Å². The molecule has 0 fully saturated rings. The van der Waals surface area contributed by atoms with Crippen LogP contribution in [0.5, 0.6) is 11.5 Å². The van der Waals surface area contributed by atoms with E-state index >= 15 is 0 Å². The van der Waals surface area contributed by atoms with Gasteiger partial charge in [-0.3, -0.25) is 9.36 Å². The molecule has 24 heavy (non-hydrogen) atoms. The van der Waals surface area contributed by atoms with Gasteiger partial charge < -0.3 is 9.47 Å². The van der Waals surface area contributed by atoms with Crippen molar-refractivity contribution < 1.29 is 9.47 Å². The summed E-state index contributed by atoms with van der Waals surface area (Å²) in [5.74, 6) is 1.22. The topological polar surface area (TPSA) is 66.2 Å². The molecule has 0 bridgehead atoms. The van der Waals surface area contributed by atoms with E-state index in [1.165, 1.54) is 0 Å². The van der Waals surface area contributed by atoms with Crippen LogP contribution in [0.1, 0.15) is 6.92 Å². The second kappa shape index (κ2) is 6.49. The van der Waals surface area contributed by atoms with Gasteiger partial charge in [0.1, 0.15) is 17.1 Å². The number of hydrogen-bond acceptors (Lipinski definition) is 5. The van der Waals surface area contributed by atoms with Crippen LogP contribution in [-0.4, -0.2) is 28.8 Å². The number of halogens is 1. The maximum Gasteiger partial charge on any atom is 0.260 e. The van der Waals surface area contributed by atoms with E-state index in [2.05, 4.69) is 9.97 Å². The monoisotopic (exact) mass is 345 g/mol. The van der Waals surface area contributed by atoms with Crippen LogP contribution in [0, 0.1) is 0 Å². The van der Waals surface area contributed by atoms with Crippen LogP contribution in [0.2, 0.25) is 5.28 Å². The Kier molecular flexibility index (Phi) is 4.40. The summed E-state index contributed by atoms with van der Waals surface area (Å²) in [7, 11) is 3.14. The summed E-state index contributed by atoms with van der Waals surface area (Å²) in [6.07, 6.45) is 1.61. The third kappa shape index (κ3) is 2.80. The summed E-state index contributed by atoms with van der Waals surface area (Å²) >= 11 is 5.87. The highest BCUT2D eigenvalue weighted by molar-refractivity contribution is 6.28. The summed E-state index contributed by atoms with van der Waals surface area (Å²) < 4.78 is 12.1. The Morgan fingerprint density at radius 3 is 2.38 bits per heavy atom. The first kappa shape index (κ1) is 16.3. The molecule has 0 aliphatic heterocycles. The average Bonchev–Trinajstić information content (AvgIpc) is 2.60. The van der Waals surface area contributed by atoms with Crippen molar-refractivity contribution in [2.24, 2.45) is 0 Å². The molecular weight excluding hydrogens is 330 g/mol. The summed E-state index contributed by atoms with van der Waals surface area (Å²) in [4.78, 5) is 21.1. The molecule has 0 unspecified atom stereocenters. The van der Waals surface area contributed by atoms with Crippen LogP contribution >= 0.6 is 11.6 Å². The van der Waals surface area contributed by atoms with Gasteiger partial charge in [-0.1, -0.05) is 0 Å². The Bertz CT molecular complexity index is 947.